The van der Waals surface area contributed by atoms with Gasteiger partial charge in [-0.15, -0.1) is 12.4 Å². The lowest BCUT2D eigenvalue weighted by atomic mass is 9.98. The fourth-order valence-electron chi connectivity index (χ4n) is 3.08. The molecule has 1 unspecified atom stereocenters. The average Bonchev–Trinajstić information content (AvgIpc) is 3.12. The van der Waals surface area contributed by atoms with Crippen LogP contribution in [0.1, 0.15) is 29.0 Å². The molecule has 0 aliphatic carbocycles. The summed E-state index contributed by atoms with van der Waals surface area (Å²) in [5.41, 5.74) is 1.73. The van der Waals surface area contributed by atoms with Crippen LogP contribution in [0.5, 0.6) is 0 Å². The van der Waals surface area contributed by atoms with Crippen molar-refractivity contribution >= 4 is 29.3 Å². The minimum atomic E-state index is -0.182. The molecule has 1 fully saturated rings. The Bertz CT molecular complexity index is 678. The van der Waals surface area contributed by atoms with Gasteiger partial charge in [-0.05, 0) is 44.5 Å². The second kappa shape index (κ2) is 7.34. The normalized spacial score (nSPS) is 20.4. The smallest absolute Gasteiger partial charge is 0.287 e. The van der Waals surface area contributed by atoms with Crippen molar-refractivity contribution < 1.29 is 13.9 Å². The molecule has 1 atom stereocenters. The first kappa shape index (κ1) is 17.8. The third-order valence-corrected chi connectivity index (χ3v) is 4.24. The fourth-order valence-corrected chi connectivity index (χ4v) is 3.08. The van der Waals surface area contributed by atoms with E-state index >= 15 is 0 Å². The number of methoxy groups -OCH3 is 1. The first-order chi connectivity index (χ1) is 10.6. The molecule has 1 saturated heterocycles. The maximum absolute atomic E-state index is 12.3. The maximum Gasteiger partial charge on any atom is 0.287 e. The molecule has 1 aliphatic rings. The Labute approximate surface area is 142 Å². The summed E-state index contributed by atoms with van der Waals surface area (Å²) in [6.45, 7) is 4.11. The van der Waals surface area contributed by atoms with E-state index in [-0.39, 0.29) is 23.9 Å². The summed E-state index contributed by atoms with van der Waals surface area (Å²) in [6.07, 6.45) is 2.10. The van der Waals surface area contributed by atoms with Crippen LogP contribution >= 0.6 is 12.4 Å². The molecule has 1 amide bonds. The highest BCUT2D eigenvalue weighted by Crippen LogP contribution is 2.22. The lowest BCUT2D eigenvalue weighted by Crippen LogP contribution is -2.52. The summed E-state index contributed by atoms with van der Waals surface area (Å²) in [4.78, 5) is 12.3. The molecule has 2 heterocycles. The Balaban J connectivity index is 0.00000192. The molecule has 126 valence electrons. The highest BCUT2D eigenvalue weighted by Gasteiger charge is 2.34. The van der Waals surface area contributed by atoms with Gasteiger partial charge in [0.1, 0.15) is 5.58 Å². The molecular weight excluding hydrogens is 316 g/mol. The number of benzene rings is 1. The Morgan fingerprint density at radius 3 is 2.96 bits per heavy atom. The number of amides is 1. The van der Waals surface area contributed by atoms with Crippen molar-refractivity contribution in [1.82, 2.24) is 10.6 Å². The van der Waals surface area contributed by atoms with E-state index in [1.54, 1.807) is 13.2 Å². The van der Waals surface area contributed by atoms with Crippen LogP contribution in [0.3, 0.4) is 0 Å². The number of furan rings is 1. The van der Waals surface area contributed by atoms with E-state index in [9.17, 15) is 4.79 Å². The number of carbonyl (C=O) groups excluding carboxylic acids is 1. The van der Waals surface area contributed by atoms with Gasteiger partial charge in [-0.25, -0.2) is 0 Å². The van der Waals surface area contributed by atoms with Gasteiger partial charge < -0.3 is 19.8 Å². The summed E-state index contributed by atoms with van der Waals surface area (Å²) < 4.78 is 10.9. The zero-order chi connectivity index (χ0) is 15.6. The third-order valence-electron chi connectivity index (χ3n) is 4.24. The third kappa shape index (κ3) is 3.86. The summed E-state index contributed by atoms with van der Waals surface area (Å²) in [5, 5.41) is 7.36. The number of rotatable bonds is 5. The van der Waals surface area contributed by atoms with E-state index < -0.39 is 0 Å². The van der Waals surface area contributed by atoms with Gasteiger partial charge >= 0.3 is 0 Å². The molecule has 0 radical (unpaired) electrons. The van der Waals surface area contributed by atoms with E-state index in [1.807, 2.05) is 25.1 Å². The van der Waals surface area contributed by atoms with Gasteiger partial charge in [0.15, 0.2) is 5.76 Å². The van der Waals surface area contributed by atoms with Gasteiger partial charge in [-0.3, -0.25) is 4.79 Å². The van der Waals surface area contributed by atoms with Crippen LogP contribution in [-0.2, 0) is 4.74 Å². The number of ether oxygens (including phenoxy) is 1. The largest absolute Gasteiger partial charge is 0.451 e. The number of carbonyl (C=O) groups is 1. The number of nitrogens with one attached hydrogen (secondary N) is 2. The Kier molecular flexibility index (Phi) is 5.68. The molecule has 1 aromatic carbocycles. The maximum atomic E-state index is 12.3. The van der Waals surface area contributed by atoms with Gasteiger partial charge in [0, 0.05) is 19.0 Å². The second-order valence-corrected chi connectivity index (χ2v) is 6.08. The van der Waals surface area contributed by atoms with E-state index in [0.717, 1.165) is 35.9 Å². The van der Waals surface area contributed by atoms with Gasteiger partial charge in [0.25, 0.3) is 5.91 Å². The van der Waals surface area contributed by atoms with Crippen LogP contribution in [-0.4, -0.2) is 38.3 Å². The molecule has 0 saturated carbocycles. The zero-order valence-corrected chi connectivity index (χ0v) is 14.3. The van der Waals surface area contributed by atoms with Gasteiger partial charge in [0.2, 0.25) is 0 Å². The fraction of sp³-hybridized carbons (Fsp3) is 0.471. The molecule has 1 aliphatic heterocycles. The summed E-state index contributed by atoms with van der Waals surface area (Å²) >= 11 is 0. The number of aryl methyl sites for hydroxylation is 1. The van der Waals surface area contributed by atoms with Crippen molar-refractivity contribution in [3.63, 3.8) is 0 Å². The molecule has 0 spiro atoms. The SMILES string of the molecule is COCC1(CNC(=O)c2cc3cc(C)ccc3o2)CCCN1.Cl. The van der Waals surface area contributed by atoms with Crippen LogP contribution in [0.4, 0.5) is 0 Å². The molecule has 6 heteroatoms. The molecule has 1 aromatic heterocycles. The Morgan fingerprint density at radius 1 is 1.43 bits per heavy atom. The molecule has 2 aromatic rings. The number of halogens is 1. The van der Waals surface area contributed by atoms with Crippen LogP contribution in [0, 0.1) is 6.92 Å². The lowest BCUT2D eigenvalue weighted by molar-refractivity contribution is 0.0869. The van der Waals surface area contributed by atoms with Crippen molar-refractivity contribution in [3.05, 3.63) is 35.6 Å². The molecular formula is C17H23ClN2O3. The minimum Gasteiger partial charge on any atom is -0.451 e. The summed E-state index contributed by atoms with van der Waals surface area (Å²) in [7, 11) is 1.69. The highest BCUT2D eigenvalue weighted by molar-refractivity contribution is 5.96. The van der Waals surface area contributed by atoms with E-state index in [0.29, 0.717) is 18.9 Å². The first-order valence-electron chi connectivity index (χ1n) is 7.64. The lowest BCUT2D eigenvalue weighted by Gasteiger charge is -2.28. The monoisotopic (exact) mass is 338 g/mol. The van der Waals surface area contributed by atoms with Crippen molar-refractivity contribution in [2.24, 2.45) is 0 Å². The molecule has 0 bridgehead atoms. The Morgan fingerprint density at radius 2 is 2.26 bits per heavy atom. The highest BCUT2D eigenvalue weighted by atomic mass is 35.5. The Hall–Kier alpha value is -1.56. The van der Waals surface area contributed by atoms with Gasteiger partial charge in [-0.1, -0.05) is 11.6 Å². The first-order valence-corrected chi connectivity index (χ1v) is 7.64. The number of fused-ring (bicyclic) bond motifs is 1. The van der Waals surface area contributed by atoms with E-state index in [1.165, 1.54) is 0 Å². The van der Waals surface area contributed by atoms with Crippen molar-refractivity contribution in [3.8, 4) is 0 Å². The molecule has 3 rings (SSSR count). The van der Waals surface area contributed by atoms with E-state index in [4.69, 9.17) is 9.15 Å². The quantitative estimate of drug-likeness (QED) is 0.879. The second-order valence-electron chi connectivity index (χ2n) is 6.08. The number of hydrogen-bond donors (Lipinski definition) is 2. The van der Waals surface area contributed by atoms with Crippen LogP contribution in [0.2, 0.25) is 0 Å². The van der Waals surface area contributed by atoms with E-state index in [2.05, 4.69) is 10.6 Å². The predicted octanol–water partition coefficient (Wildman–Crippen LogP) is 2.66. The summed E-state index contributed by atoms with van der Waals surface area (Å²) in [6, 6.07) is 7.68. The van der Waals surface area contributed by atoms with Gasteiger partial charge in [-0.2, -0.15) is 0 Å². The standard InChI is InChI=1S/C17H22N2O3.ClH/c1-12-4-5-14-13(8-12)9-15(22-14)16(20)18-10-17(11-21-2)6-3-7-19-17;/h4-5,8-9,19H,3,6-7,10-11H2,1-2H3,(H,18,20);1H. The molecule has 2 N–H and O–H groups in total. The molecule has 5 nitrogen and oxygen atoms in total. The van der Waals surface area contributed by atoms with Crippen LogP contribution in [0.15, 0.2) is 28.7 Å². The average molecular weight is 339 g/mol. The topological polar surface area (TPSA) is 63.5 Å². The van der Waals surface area contributed by atoms with Crippen molar-refractivity contribution in [1.29, 1.82) is 0 Å². The minimum absolute atomic E-state index is 0. The van der Waals surface area contributed by atoms with Crippen molar-refractivity contribution in [2.75, 3.05) is 26.8 Å². The molecule has 23 heavy (non-hydrogen) atoms. The summed E-state index contributed by atoms with van der Waals surface area (Å²) in [5.74, 6) is 0.171. The van der Waals surface area contributed by atoms with Crippen LogP contribution in [0.25, 0.3) is 11.0 Å². The van der Waals surface area contributed by atoms with Gasteiger partial charge in [0.05, 0.1) is 12.1 Å². The number of hydrogen-bond acceptors (Lipinski definition) is 4. The zero-order valence-electron chi connectivity index (χ0n) is 13.5. The van der Waals surface area contributed by atoms with Crippen molar-refractivity contribution in [2.45, 2.75) is 25.3 Å². The predicted molar refractivity (Wildman–Crippen MR) is 92.4 cm³/mol. The van der Waals surface area contributed by atoms with Crippen LogP contribution < -0.4 is 10.6 Å².